The predicted octanol–water partition coefficient (Wildman–Crippen LogP) is 4.03. The molecule has 0 saturated carbocycles. The van der Waals surface area contributed by atoms with Gasteiger partial charge in [0.1, 0.15) is 18.2 Å². The van der Waals surface area contributed by atoms with Gasteiger partial charge in [0.05, 0.1) is 16.9 Å². The molecule has 0 aliphatic rings. The van der Waals surface area contributed by atoms with Gasteiger partial charge in [-0.2, -0.15) is 0 Å². The van der Waals surface area contributed by atoms with Gasteiger partial charge >= 0.3 is 5.97 Å². The quantitative estimate of drug-likeness (QED) is 0.670. The Balaban J connectivity index is 1.74. The number of amides is 1. The Hall–Kier alpha value is -3.26. The van der Waals surface area contributed by atoms with Crippen LogP contribution in [0.1, 0.15) is 23.0 Å². The summed E-state index contributed by atoms with van der Waals surface area (Å²) in [5.74, 6) is -1.59. The van der Waals surface area contributed by atoms with E-state index in [0.717, 1.165) is 11.3 Å². The van der Waals surface area contributed by atoms with Gasteiger partial charge in [-0.3, -0.25) is 9.69 Å². The van der Waals surface area contributed by atoms with E-state index in [4.69, 9.17) is 4.74 Å². The Labute approximate surface area is 158 Å². The van der Waals surface area contributed by atoms with Crippen LogP contribution in [0, 0.1) is 5.82 Å². The van der Waals surface area contributed by atoms with Crippen LogP contribution in [0.5, 0.6) is 5.75 Å². The van der Waals surface area contributed by atoms with Crippen LogP contribution in [0.25, 0.3) is 0 Å². The number of thiazole rings is 1. The van der Waals surface area contributed by atoms with Crippen LogP contribution in [-0.4, -0.2) is 22.0 Å². The number of esters is 1. The number of anilines is 2. The lowest BCUT2D eigenvalue weighted by molar-refractivity contribution is -0.115. The van der Waals surface area contributed by atoms with Gasteiger partial charge in [-0.1, -0.05) is 18.2 Å². The lowest BCUT2D eigenvalue weighted by atomic mass is 10.2. The van der Waals surface area contributed by atoms with Crippen molar-refractivity contribution in [2.75, 3.05) is 4.90 Å². The number of nitrogens with zero attached hydrogens (tertiary/aromatic N) is 2. The molecule has 0 saturated heterocycles. The maximum absolute atomic E-state index is 14.1. The van der Waals surface area contributed by atoms with Crippen molar-refractivity contribution in [2.24, 2.45) is 0 Å². The van der Waals surface area contributed by atoms with Crippen LogP contribution in [0.15, 0.2) is 53.9 Å². The molecule has 138 valence electrons. The van der Waals surface area contributed by atoms with Crippen LogP contribution in [0.4, 0.5) is 15.2 Å². The first kappa shape index (κ1) is 18.5. The average Bonchev–Trinajstić information content (AvgIpc) is 3.09. The second kappa shape index (κ2) is 7.96. The van der Waals surface area contributed by atoms with Crippen molar-refractivity contribution in [3.63, 3.8) is 0 Å². The number of hydrogen-bond acceptors (Lipinski definition) is 6. The number of carbonyl (C=O) groups excluding carboxylic acids is 2. The fourth-order valence-corrected chi connectivity index (χ4v) is 3.23. The number of aromatic nitrogens is 1. The Morgan fingerprint density at radius 1 is 1.22 bits per heavy atom. The van der Waals surface area contributed by atoms with Crippen molar-refractivity contribution in [3.8, 4) is 5.75 Å². The first-order valence-corrected chi connectivity index (χ1v) is 8.79. The average molecular weight is 386 g/mol. The standard InChI is InChI=1S/C19H15FN2O4S/c1-12(23)22(17-8-3-2-7-16(17)20)19-21-14(11-27-19)10-26-18(25)13-5-4-6-15(24)9-13/h2-9,11,24H,10H2,1H3. The summed E-state index contributed by atoms with van der Waals surface area (Å²) in [6, 6.07) is 11.7. The zero-order valence-electron chi connectivity index (χ0n) is 14.3. The summed E-state index contributed by atoms with van der Waals surface area (Å²) < 4.78 is 19.2. The number of rotatable bonds is 5. The summed E-state index contributed by atoms with van der Waals surface area (Å²) in [6.07, 6.45) is 0. The van der Waals surface area contributed by atoms with Gasteiger partial charge in [-0.05, 0) is 30.3 Å². The summed E-state index contributed by atoms with van der Waals surface area (Å²) in [5, 5.41) is 11.3. The molecule has 8 heteroatoms. The Morgan fingerprint density at radius 3 is 2.70 bits per heavy atom. The molecule has 0 fully saturated rings. The van der Waals surface area contributed by atoms with Crippen molar-refractivity contribution in [3.05, 3.63) is 71.0 Å². The maximum atomic E-state index is 14.1. The van der Waals surface area contributed by atoms with E-state index in [9.17, 15) is 19.1 Å². The molecule has 0 unspecified atom stereocenters. The van der Waals surface area contributed by atoms with Gasteiger partial charge in [0, 0.05) is 12.3 Å². The van der Waals surface area contributed by atoms with Crippen LogP contribution in [0.3, 0.4) is 0 Å². The number of phenolic OH excluding ortho intramolecular Hbond substituents is 1. The van der Waals surface area contributed by atoms with Crippen molar-refractivity contribution >= 4 is 34.0 Å². The van der Waals surface area contributed by atoms with Gasteiger partial charge in [0.25, 0.3) is 0 Å². The van der Waals surface area contributed by atoms with E-state index in [2.05, 4.69) is 4.98 Å². The highest BCUT2D eigenvalue weighted by molar-refractivity contribution is 7.14. The molecule has 2 aromatic carbocycles. The third-order valence-electron chi connectivity index (χ3n) is 3.57. The third kappa shape index (κ3) is 4.29. The molecule has 0 aliphatic carbocycles. The van der Waals surface area contributed by atoms with Crippen LogP contribution in [0.2, 0.25) is 0 Å². The summed E-state index contributed by atoms with van der Waals surface area (Å²) >= 11 is 1.14. The number of ether oxygens (including phenoxy) is 1. The van der Waals surface area contributed by atoms with Crippen LogP contribution >= 0.6 is 11.3 Å². The van der Waals surface area contributed by atoms with Gasteiger partial charge in [0.15, 0.2) is 5.13 Å². The molecule has 0 bridgehead atoms. The van der Waals surface area contributed by atoms with E-state index in [0.29, 0.717) is 5.69 Å². The Kier molecular flexibility index (Phi) is 5.46. The molecule has 1 N–H and O–H groups in total. The lowest BCUT2D eigenvalue weighted by Crippen LogP contribution is -2.23. The van der Waals surface area contributed by atoms with Crippen molar-refractivity contribution in [1.29, 1.82) is 0 Å². The van der Waals surface area contributed by atoms with E-state index < -0.39 is 17.7 Å². The van der Waals surface area contributed by atoms with E-state index in [1.54, 1.807) is 11.4 Å². The lowest BCUT2D eigenvalue weighted by Gasteiger charge is -2.18. The van der Waals surface area contributed by atoms with E-state index in [-0.39, 0.29) is 28.7 Å². The Bertz CT molecular complexity index is 989. The zero-order chi connectivity index (χ0) is 19.4. The summed E-state index contributed by atoms with van der Waals surface area (Å²) in [7, 11) is 0. The molecule has 0 aliphatic heterocycles. The van der Waals surface area contributed by atoms with Crippen molar-refractivity contribution in [1.82, 2.24) is 4.98 Å². The second-order valence-corrected chi connectivity index (χ2v) is 6.39. The number of carbonyl (C=O) groups is 2. The smallest absolute Gasteiger partial charge is 0.338 e. The van der Waals surface area contributed by atoms with E-state index in [1.165, 1.54) is 54.3 Å². The number of benzene rings is 2. The monoisotopic (exact) mass is 386 g/mol. The molecule has 1 amide bonds. The van der Waals surface area contributed by atoms with Crippen molar-refractivity contribution in [2.45, 2.75) is 13.5 Å². The highest BCUT2D eigenvalue weighted by Crippen LogP contribution is 2.30. The molecular formula is C19H15FN2O4S. The van der Waals surface area contributed by atoms with Gasteiger partial charge in [-0.25, -0.2) is 14.2 Å². The molecule has 0 radical (unpaired) electrons. The van der Waals surface area contributed by atoms with Gasteiger partial charge in [0.2, 0.25) is 5.91 Å². The largest absolute Gasteiger partial charge is 0.508 e. The predicted molar refractivity (Wildman–Crippen MR) is 98.6 cm³/mol. The first-order valence-electron chi connectivity index (χ1n) is 7.91. The number of halogens is 1. The SMILES string of the molecule is CC(=O)N(c1nc(COC(=O)c2cccc(O)c2)cs1)c1ccccc1F. The van der Waals surface area contributed by atoms with E-state index >= 15 is 0 Å². The summed E-state index contributed by atoms with van der Waals surface area (Å²) in [6.45, 7) is 1.20. The minimum atomic E-state index is -0.613. The molecule has 27 heavy (non-hydrogen) atoms. The fraction of sp³-hybridized carbons (Fsp3) is 0.105. The highest BCUT2D eigenvalue weighted by atomic mass is 32.1. The summed E-state index contributed by atoms with van der Waals surface area (Å²) in [5.41, 5.74) is 0.732. The normalized spacial score (nSPS) is 10.4. The van der Waals surface area contributed by atoms with E-state index in [1.807, 2.05) is 0 Å². The number of aromatic hydroxyl groups is 1. The molecule has 1 heterocycles. The molecule has 6 nitrogen and oxygen atoms in total. The van der Waals surface area contributed by atoms with Crippen LogP contribution < -0.4 is 4.90 Å². The zero-order valence-corrected chi connectivity index (χ0v) is 15.1. The molecule has 3 aromatic rings. The highest BCUT2D eigenvalue weighted by Gasteiger charge is 2.21. The molecule has 0 atom stereocenters. The van der Waals surface area contributed by atoms with Gasteiger partial charge < -0.3 is 9.84 Å². The first-order chi connectivity index (χ1) is 13.0. The topological polar surface area (TPSA) is 79.7 Å². The van der Waals surface area contributed by atoms with Crippen molar-refractivity contribution < 1.29 is 23.8 Å². The van der Waals surface area contributed by atoms with Crippen LogP contribution in [-0.2, 0) is 16.1 Å². The fourth-order valence-electron chi connectivity index (χ4n) is 2.36. The molecule has 3 rings (SSSR count). The minimum absolute atomic E-state index is 0.0395. The molecule has 0 spiro atoms. The number of phenols is 1. The maximum Gasteiger partial charge on any atom is 0.338 e. The number of para-hydroxylation sites is 1. The second-order valence-electron chi connectivity index (χ2n) is 5.55. The molecular weight excluding hydrogens is 371 g/mol. The molecule has 1 aromatic heterocycles. The third-order valence-corrected chi connectivity index (χ3v) is 4.45. The van der Waals surface area contributed by atoms with Gasteiger partial charge in [-0.15, -0.1) is 11.3 Å². The Morgan fingerprint density at radius 2 is 2.00 bits per heavy atom. The number of hydrogen-bond donors (Lipinski definition) is 1. The summed E-state index contributed by atoms with van der Waals surface area (Å²) in [4.78, 5) is 29.4. The minimum Gasteiger partial charge on any atom is -0.508 e.